The van der Waals surface area contributed by atoms with Gasteiger partial charge in [-0.1, -0.05) is 29.8 Å². The fraction of sp³-hybridized carbons (Fsp3) is 0.368. The Bertz CT molecular complexity index is 727. The Kier molecular flexibility index (Phi) is 10.4. The fourth-order valence-corrected chi connectivity index (χ4v) is 2.83. The number of rotatable bonds is 1. The highest BCUT2D eigenvalue weighted by molar-refractivity contribution is 6.35. The Morgan fingerprint density at radius 2 is 1.78 bits per heavy atom. The first-order valence-electron chi connectivity index (χ1n) is 8.17. The third kappa shape index (κ3) is 6.39. The number of hydrogen-bond donors (Lipinski definition) is 1. The van der Waals surface area contributed by atoms with E-state index in [0.717, 1.165) is 6.42 Å². The second-order valence-electron chi connectivity index (χ2n) is 6.00. The quantitative estimate of drug-likeness (QED) is 0.724. The summed E-state index contributed by atoms with van der Waals surface area (Å²) in [5.74, 6) is -0.854. The normalized spacial score (nSPS) is 17.3. The number of phenolic OH excluding ortho intramolecular Hbond substituents is 1. The van der Waals surface area contributed by atoms with Crippen LogP contribution >= 0.6 is 11.6 Å². The summed E-state index contributed by atoms with van der Waals surface area (Å²) < 4.78 is 5.22. The number of allylic oxidation sites excluding steroid dienone is 2. The van der Waals surface area contributed by atoms with Gasteiger partial charge >= 0.3 is 5.97 Å². The van der Waals surface area contributed by atoms with Gasteiger partial charge in [0, 0.05) is 20.5 Å². The maximum Gasteiger partial charge on any atom is 0.342 e. The van der Waals surface area contributed by atoms with Gasteiger partial charge in [0.1, 0.15) is 10.6 Å². The number of anilines is 1. The van der Waals surface area contributed by atoms with E-state index in [-0.39, 0.29) is 39.7 Å². The van der Waals surface area contributed by atoms with Gasteiger partial charge in [0.15, 0.2) is 11.5 Å². The van der Waals surface area contributed by atoms with Gasteiger partial charge in [-0.05, 0) is 37.0 Å². The lowest BCUT2D eigenvalue weighted by molar-refractivity contribution is -0.114. The van der Waals surface area contributed by atoms with E-state index in [0.29, 0.717) is 30.5 Å². The van der Waals surface area contributed by atoms with E-state index in [9.17, 15) is 14.7 Å². The highest BCUT2D eigenvalue weighted by atomic mass is 35.5. The van der Waals surface area contributed by atoms with Crippen molar-refractivity contribution in [2.75, 3.05) is 25.6 Å². The maximum atomic E-state index is 12.4. The highest BCUT2D eigenvalue weighted by Crippen LogP contribution is 2.39. The third-order valence-corrected chi connectivity index (χ3v) is 4.22. The number of benzene rings is 1. The molecule has 27 heavy (non-hydrogen) atoms. The van der Waals surface area contributed by atoms with Crippen LogP contribution < -0.4 is 4.90 Å². The minimum Gasteiger partial charge on any atom is -0.505 e. The molecule has 0 amide bonds. The Morgan fingerprint density at radius 1 is 1.11 bits per heavy atom. The lowest BCUT2D eigenvalue weighted by Crippen LogP contribution is -2.13. The number of nitrogens with zero attached hydrogens (tertiary/aromatic N) is 1. The molecule has 0 saturated heterocycles. The topological polar surface area (TPSA) is 130 Å². The number of cyclic esters (lactones) is 1. The van der Waals surface area contributed by atoms with Crippen molar-refractivity contribution in [1.29, 1.82) is 0 Å². The first kappa shape index (κ1) is 24.7. The Morgan fingerprint density at radius 3 is 2.44 bits per heavy atom. The van der Waals surface area contributed by atoms with Crippen LogP contribution in [0.25, 0.3) is 6.08 Å². The van der Waals surface area contributed by atoms with Gasteiger partial charge in [-0.25, -0.2) is 4.79 Å². The molecular formula is C19H26ClNO6. The SMILES string of the molecule is CN(C)c1cc2c(c(O)c1Cl)C(=O)OCC/C=C\C(=O)CCC/C=C/2.O.O. The highest BCUT2D eigenvalue weighted by Gasteiger charge is 2.23. The van der Waals surface area contributed by atoms with Gasteiger partial charge in [-0.15, -0.1) is 0 Å². The summed E-state index contributed by atoms with van der Waals surface area (Å²) in [6.45, 7) is 0.123. The number of ketones is 1. The third-order valence-electron chi connectivity index (χ3n) is 3.85. The monoisotopic (exact) mass is 399 g/mol. The van der Waals surface area contributed by atoms with E-state index in [2.05, 4.69) is 0 Å². The standard InChI is InChI=1S/C19H22ClNO4.2H2O/c1-21(2)15-12-13-8-4-3-5-9-14(22)10-6-7-11-25-19(24)16(13)18(23)17(15)20;;/h4,6,8,10,12,23H,3,5,7,9,11H2,1-2H3;2*1H2/b8-4+,10-6-;;. The molecule has 0 atom stereocenters. The molecule has 0 unspecified atom stereocenters. The number of esters is 1. The first-order valence-corrected chi connectivity index (χ1v) is 8.55. The average Bonchev–Trinajstić information content (AvgIpc) is 2.56. The molecule has 0 saturated carbocycles. The van der Waals surface area contributed by atoms with Crippen LogP contribution in [-0.4, -0.2) is 48.5 Å². The van der Waals surface area contributed by atoms with Crippen molar-refractivity contribution >= 4 is 35.1 Å². The summed E-state index contributed by atoms with van der Waals surface area (Å²) in [4.78, 5) is 25.8. The molecule has 0 radical (unpaired) electrons. The lowest BCUT2D eigenvalue weighted by atomic mass is 10.0. The predicted molar refractivity (Wildman–Crippen MR) is 107 cm³/mol. The number of hydrogen-bond acceptors (Lipinski definition) is 5. The average molecular weight is 400 g/mol. The van der Waals surface area contributed by atoms with Crippen molar-refractivity contribution < 1.29 is 30.4 Å². The zero-order chi connectivity index (χ0) is 18.4. The van der Waals surface area contributed by atoms with Gasteiger partial charge in [0.05, 0.1) is 12.3 Å². The smallest absolute Gasteiger partial charge is 0.342 e. The van der Waals surface area contributed by atoms with Crippen LogP contribution in [0.3, 0.4) is 0 Å². The molecule has 1 aliphatic heterocycles. The van der Waals surface area contributed by atoms with Crippen molar-refractivity contribution in [1.82, 2.24) is 0 Å². The second kappa shape index (κ2) is 11.4. The predicted octanol–water partition coefficient (Wildman–Crippen LogP) is 2.33. The van der Waals surface area contributed by atoms with E-state index < -0.39 is 5.97 Å². The number of aromatic hydroxyl groups is 1. The molecule has 0 spiro atoms. The molecule has 5 N–H and O–H groups in total. The van der Waals surface area contributed by atoms with Gasteiger partial charge in [-0.3, -0.25) is 4.79 Å². The van der Waals surface area contributed by atoms with Crippen LogP contribution in [0.15, 0.2) is 24.3 Å². The van der Waals surface area contributed by atoms with Gasteiger partial charge < -0.3 is 25.7 Å². The largest absolute Gasteiger partial charge is 0.505 e. The minimum atomic E-state index is -0.638. The summed E-state index contributed by atoms with van der Waals surface area (Å²) in [7, 11) is 3.60. The van der Waals surface area contributed by atoms with Crippen LogP contribution in [0.4, 0.5) is 5.69 Å². The number of carbonyl (C=O) groups is 2. The number of halogens is 1. The van der Waals surface area contributed by atoms with Crippen LogP contribution in [0.2, 0.25) is 5.02 Å². The maximum absolute atomic E-state index is 12.4. The number of carbonyl (C=O) groups excluding carboxylic acids is 2. The second-order valence-corrected chi connectivity index (χ2v) is 6.38. The molecule has 0 aromatic heterocycles. The first-order chi connectivity index (χ1) is 11.9. The summed E-state index contributed by atoms with van der Waals surface area (Å²) in [5.41, 5.74) is 1.20. The molecule has 1 heterocycles. The minimum absolute atomic E-state index is 0. The Hall–Kier alpha value is -2.35. The van der Waals surface area contributed by atoms with E-state index in [1.165, 1.54) is 6.08 Å². The van der Waals surface area contributed by atoms with Crippen molar-refractivity contribution in [2.24, 2.45) is 0 Å². The summed E-state index contributed by atoms with van der Waals surface area (Å²) in [6, 6.07) is 1.74. The molecule has 0 bridgehead atoms. The summed E-state index contributed by atoms with van der Waals surface area (Å²) in [6.07, 6.45) is 9.17. The van der Waals surface area contributed by atoms with Crippen molar-refractivity contribution in [2.45, 2.75) is 25.7 Å². The zero-order valence-corrected chi connectivity index (χ0v) is 16.2. The molecule has 8 heteroatoms. The molecule has 1 aromatic carbocycles. The van der Waals surface area contributed by atoms with E-state index in [1.807, 2.05) is 6.08 Å². The van der Waals surface area contributed by atoms with Gasteiger partial charge in [0.25, 0.3) is 0 Å². The van der Waals surface area contributed by atoms with Gasteiger partial charge in [0.2, 0.25) is 0 Å². The molecule has 7 nitrogen and oxygen atoms in total. The van der Waals surface area contributed by atoms with E-state index in [1.54, 1.807) is 37.2 Å². The van der Waals surface area contributed by atoms with Crippen molar-refractivity contribution in [3.63, 3.8) is 0 Å². The molecule has 150 valence electrons. The zero-order valence-electron chi connectivity index (χ0n) is 15.4. The number of phenols is 1. The fourth-order valence-electron chi connectivity index (χ4n) is 2.52. The van der Waals surface area contributed by atoms with Gasteiger partial charge in [-0.2, -0.15) is 0 Å². The van der Waals surface area contributed by atoms with Crippen LogP contribution in [0.5, 0.6) is 5.75 Å². The lowest BCUT2D eigenvalue weighted by Gasteiger charge is -2.19. The van der Waals surface area contributed by atoms with Crippen LogP contribution in [0.1, 0.15) is 41.6 Å². The summed E-state index contributed by atoms with van der Waals surface area (Å²) >= 11 is 6.21. The Labute approximate surface area is 163 Å². The number of ether oxygens (including phenoxy) is 1. The van der Waals surface area contributed by atoms with Crippen molar-refractivity contribution in [3.05, 3.63) is 40.4 Å². The van der Waals surface area contributed by atoms with Crippen LogP contribution in [0, 0.1) is 0 Å². The molecule has 2 rings (SSSR count). The van der Waals surface area contributed by atoms with Crippen molar-refractivity contribution in [3.8, 4) is 5.75 Å². The molecule has 0 fully saturated rings. The Balaban J connectivity index is 0.00000338. The molecule has 0 aliphatic carbocycles. The summed E-state index contributed by atoms with van der Waals surface area (Å²) in [5, 5.41) is 10.5. The molecule has 1 aromatic rings. The molecular weight excluding hydrogens is 374 g/mol. The van der Waals surface area contributed by atoms with E-state index in [4.69, 9.17) is 16.3 Å². The molecule has 1 aliphatic rings. The number of fused-ring (bicyclic) bond motifs is 1. The van der Waals surface area contributed by atoms with Crippen LogP contribution in [-0.2, 0) is 9.53 Å². The van der Waals surface area contributed by atoms with E-state index >= 15 is 0 Å².